The molecule has 7 nitrogen and oxygen atoms in total. The van der Waals surface area contributed by atoms with E-state index in [2.05, 4.69) is 5.10 Å². The van der Waals surface area contributed by atoms with E-state index in [1.54, 1.807) is 0 Å². The zero-order valence-electron chi connectivity index (χ0n) is 10.4. The van der Waals surface area contributed by atoms with Crippen LogP contribution in [0.15, 0.2) is 12.4 Å². The van der Waals surface area contributed by atoms with Crippen molar-refractivity contribution in [2.75, 3.05) is 18.1 Å². The van der Waals surface area contributed by atoms with Gasteiger partial charge in [0.15, 0.2) is 15.6 Å². The summed E-state index contributed by atoms with van der Waals surface area (Å²) in [7, 11) is -2.93. The highest BCUT2D eigenvalue weighted by molar-refractivity contribution is 7.91. The van der Waals surface area contributed by atoms with E-state index in [4.69, 9.17) is 9.84 Å². The lowest BCUT2D eigenvalue weighted by molar-refractivity contribution is -0.137. The number of hydrogen-bond donors (Lipinski definition) is 1. The molecule has 1 aliphatic rings. The van der Waals surface area contributed by atoms with Gasteiger partial charge in [-0.05, 0) is 12.8 Å². The van der Waals surface area contributed by atoms with Crippen molar-refractivity contribution < 1.29 is 23.1 Å². The molecule has 1 aromatic rings. The molecule has 0 spiro atoms. The molecule has 19 heavy (non-hydrogen) atoms. The van der Waals surface area contributed by atoms with E-state index in [0.717, 1.165) is 6.42 Å². The highest BCUT2D eigenvalue weighted by atomic mass is 32.2. The summed E-state index contributed by atoms with van der Waals surface area (Å²) in [6, 6.07) is 0. The molecule has 8 heteroatoms. The van der Waals surface area contributed by atoms with Crippen LogP contribution in [0.3, 0.4) is 0 Å². The molecule has 1 aromatic heterocycles. The van der Waals surface area contributed by atoms with Gasteiger partial charge in [0.25, 0.3) is 0 Å². The first-order valence-electron chi connectivity index (χ1n) is 6.02. The number of carboxylic acid groups (broad SMARTS) is 1. The van der Waals surface area contributed by atoms with E-state index >= 15 is 0 Å². The molecule has 0 bridgehead atoms. The molecule has 1 unspecified atom stereocenters. The van der Waals surface area contributed by atoms with Crippen LogP contribution in [0.25, 0.3) is 0 Å². The van der Waals surface area contributed by atoms with Crippen LogP contribution in [0.2, 0.25) is 0 Å². The first-order valence-corrected chi connectivity index (χ1v) is 7.84. The minimum absolute atomic E-state index is 0.00146. The Morgan fingerprint density at radius 1 is 1.58 bits per heavy atom. The van der Waals surface area contributed by atoms with Gasteiger partial charge in [-0.25, -0.2) is 8.42 Å². The van der Waals surface area contributed by atoms with Crippen molar-refractivity contribution >= 4 is 15.8 Å². The Kier molecular flexibility index (Phi) is 4.08. The fourth-order valence-corrected chi connectivity index (χ4v) is 3.86. The zero-order valence-corrected chi connectivity index (χ0v) is 11.2. The lowest BCUT2D eigenvalue weighted by Gasteiger charge is -2.21. The van der Waals surface area contributed by atoms with Gasteiger partial charge in [0.05, 0.1) is 30.5 Å². The van der Waals surface area contributed by atoms with E-state index in [1.807, 2.05) is 0 Å². The topological polar surface area (TPSA) is 98.5 Å². The lowest BCUT2D eigenvalue weighted by Crippen LogP contribution is -2.29. The molecular weight excluding hydrogens is 272 g/mol. The first kappa shape index (κ1) is 13.9. The Balaban J connectivity index is 1.85. The molecule has 0 saturated carbocycles. The number of carboxylic acids is 1. The molecule has 0 aliphatic carbocycles. The summed E-state index contributed by atoms with van der Waals surface area (Å²) in [6.45, 7) is 0.0964. The number of rotatable bonds is 5. The summed E-state index contributed by atoms with van der Waals surface area (Å²) in [4.78, 5) is 10.5. The Labute approximate surface area is 111 Å². The SMILES string of the molecule is O=C(O)Cn1cc(OCC2CCCS(=O)(=O)C2)cn1. The number of hydrogen-bond acceptors (Lipinski definition) is 5. The highest BCUT2D eigenvalue weighted by Crippen LogP contribution is 2.19. The summed E-state index contributed by atoms with van der Waals surface area (Å²) in [5, 5.41) is 12.4. The van der Waals surface area contributed by atoms with E-state index < -0.39 is 15.8 Å². The number of carbonyl (C=O) groups is 1. The Morgan fingerprint density at radius 3 is 3.05 bits per heavy atom. The fourth-order valence-electron chi connectivity index (χ4n) is 2.11. The van der Waals surface area contributed by atoms with Crippen molar-refractivity contribution in [3.63, 3.8) is 0 Å². The van der Waals surface area contributed by atoms with E-state index in [1.165, 1.54) is 17.1 Å². The molecule has 1 fully saturated rings. The van der Waals surface area contributed by atoms with Crippen LogP contribution in [0.1, 0.15) is 12.8 Å². The molecule has 0 radical (unpaired) electrons. The minimum atomic E-state index is -2.93. The molecule has 1 aliphatic heterocycles. The average Bonchev–Trinajstić information content (AvgIpc) is 2.72. The summed E-state index contributed by atoms with van der Waals surface area (Å²) in [5.74, 6) is -0.0881. The lowest BCUT2D eigenvalue weighted by atomic mass is 10.1. The quantitative estimate of drug-likeness (QED) is 0.829. The molecular formula is C11H16N2O5S. The number of aliphatic carboxylic acids is 1. The van der Waals surface area contributed by atoms with Gasteiger partial charge in [-0.2, -0.15) is 5.10 Å². The van der Waals surface area contributed by atoms with Crippen LogP contribution in [0.5, 0.6) is 5.75 Å². The number of ether oxygens (including phenoxy) is 1. The van der Waals surface area contributed by atoms with Crippen LogP contribution < -0.4 is 4.74 Å². The van der Waals surface area contributed by atoms with E-state index in [-0.39, 0.29) is 24.0 Å². The molecule has 1 atom stereocenters. The van der Waals surface area contributed by atoms with Crippen LogP contribution in [-0.4, -0.2) is 47.4 Å². The summed E-state index contributed by atoms with van der Waals surface area (Å²) >= 11 is 0. The highest BCUT2D eigenvalue weighted by Gasteiger charge is 2.25. The van der Waals surface area contributed by atoms with Crippen molar-refractivity contribution in [3.05, 3.63) is 12.4 Å². The van der Waals surface area contributed by atoms with Crippen molar-refractivity contribution in [3.8, 4) is 5.75 Å². The van der Waals surface area contributed by atoms with Gasteiger partial charge in [-0.15, -0.1) is 0 Å². The first-order chi connectivity index (χ1) is 8.94. The molecule has 2 rings (SSSR count). The third-order valence-electron chi connectivity index (χ3n) is 2.95. The summed E-state index contributed by atoms with van der Waals surface area (Å²) < 4.78 is 29.6. The van der Waals surface area contributed by atoms with Gasteiger partial charge in [0.2, 0.25) is 0 Å². The van der Waals surface area contributed by atoms with Gasteiger partial charge in [-0.1, -0.05) is 0 Å². The standard InChI is InChI=1S/C11H16N2O5S/c14-11(15)6-13-5-10(4-12-13)18-7-9-2-1-3-19(16,17)8-9/h4-5,9H,1-3,6-8H2,(H,14,15). The molecule has 0 aromatic carbocycles. The molecule has 1 saturated heterocycles. The predicted octanol–water partition coefficient (Wildman–Crippen LogP) is 0.171. The van der Waals surface area contributed by atoms with Gasteiger partial charge in [0.1, 0.15) is 6.54 Å². The van der Waals surface area contributed by atoms with Gasteiger partial charge >= 0.3 is 5.97 Å². The zero-order chi connectivity index (χ0) is 13.9. The molecule has 2 heterocycles. The van der Waals surface area contributed by atoms with Crippen molar-refractivity contribution in [2.45, 2.75) is 19.4 Å². The van der Waals surface area contributed by atoms with Crippen LogP contribution in [0.4, 0.5) is 0 Å². The Bertz CT molecular complexity index is 551. The third-order valence-corrected chi connectivity index (χ3v) is 4.84. The molecule has 106 valence electrons. The summed E-state index contributed by atoms with van der Waals surface area (Å²) in [5.41, 5.74) is 0. The maximum Gasteiger partial charge on any atom is 0.325 e. The number of sulfone groups is 1. The van der Waals surface area contributed by atoms with E-state index in [9.17, 15) is 13.2 Å². The van der Waals surface area contributed by atoms with Crippen LogP contribution in [-0.2, 0) is 21.2 Å². The van der Waals surface area contributed by atoms with E-state index in [0.29, 0.717) is 18.8 Å². The van der Waals surface area contributed by atoms with Crippen molar-refractivity contribution in [1.29, 1.82) is 0 Å². The summed E-state index contributed by atoms with van der Waals surface area (Å²) in [6.07, 6.45) is 4.43. The monoisotopic (exact) mass is 288 g/mol. The smallest absolute Gasteiger partial charge is 0.325 e. The average molecular weight is 288 g/mol. The second kappa shape index (κ2) is 5.60. The van der Waals surface area contributed by atoms with Crippen molar-refractivity contribution in [2.24, 2.45) is 5.92 Å². The number of aromatic nitrogens is 2. The van der Waals surface area contributed by atoms with Crippen molar-refractivity contribution in [1.82, 2.24) is 9.78 Å². The molecule has 1 N–H and O–H groups in total. The maximum atomic E-state index is 11.5. The van der Waals surface area contributed by atoms with Gasteiger partial charge < -0.3 is 9.84 Å². The fraction of sp³-hybridized carbons (Fsp3) is 0.636. The van der Waals surface area contributed by atoms with Crippen LogP contribution >= 0.6 is 0 Å². The Morgan fingerprint density at radius 2 is 2.37 bits per heavy atom. The maximum absolute atomic E-state index is 11.5. The largest absolute Gasteiger partial charge is 0.490 e. The van der Waals surface area contributed by atoms with Gasteiger partial charge in [0, 0.05) is 5.92 Å². The van der Waals surface area contributed by atoms with Gasteiger partial charge in [-0.3, -0.25) is 9.48 Å². The third kappa shape index (κ3) is 4.23. The Hall–Kier alpha value is -1.57. The van der Waals surface area contributed by atoms with Crippen LogP contribution in [0, 0.1) is 5.92 Å². The predicted molar refractivity (Wildman–Crippen MR) is 66.7 cm³/mol. The molecule has 0 amide bonds. The second-order valence-electron chi connectivity index (χ2n) is 4.70. The minimum Gasteiger partial charge on any atom is -0.490 e. The number of nitrogens with zero attached hydrogens (tertiary/aromatic N) is 2. The normalized spacial score (nSPS) is 22.0. The second-order valence-corrected chi connectivity index (χ2v) is 6.93.